The van der Waals surface area contributed by atoms with Crippen LogP contribution in [0.2, 0.25) is 5.02 Å². The Morgan fingerprint density at radius 3 is 3.00 bits per heavy atom. The van der Waals surface area contributed by atoms with Crippen LogP contribution in [0.25, 0.3) is 0 Å². The molecule has 2 atom stereocenters. The van der Waals surface area contributed by atoms with Crippen LogP contribution in [0.3, 0.4) is 0 Å². The normalized spacial score (nSPS) is 21.7. The number of rotatable bonds is 5. The number of ether oxygens (including phenoxy) is 2. The Balaban J connectivity index is 1.90. The highest BCUT2D eigenvalue weighted by atomic mass is 35.5. The largest absolute Gasteiger partial charge is 0.489 e. The van der Waals surface area contributed by atoms with Crippen molar-refractivity contribution < 1.29 is 9.47 Å². The van der Waals surface area contributed by atoms with E-state index in [1.807, 2.05) is 25.1 Å². The molecule has 2 rings (SSSR count). The Bertz CT molecular complexity index is 440. The number of nitrogens with zero attached hydrogens (tertiary/aromatic N) is 1. The van der Waals surface area contributed by atoms with Gasteiger partial charge in [-0.25, -0.2) is 0 Å². The maximum Gasteiger partial charge on any atom is 0.138 e. The zero-order valence-electron chi connectivity index (χ0n) is 12.1. The van der Waals surface area contributed by atoms with E-state index < -0.39 is 0 Å². The fraction of sp³-hybridized carbons (Fsp3) is 0.600. The number of morpholine rings is 1. The van der Waals surface area contributed by atoms with Crippen LogP contribution in [-0.2, 0) is 4.74 Å². The van der Waals surface area contributed by atoms with Gasteiger partial charge in [0, 0.05) is 19.1 Å². The minimum absolute atomic E-state index is 0.0265. The summed E-state index contributed by atoms with van der Waals surface area (Å²) >= 11 is 6.22. The first-order valence-corrected chi connectivity index (χ1v) is 7.49. The fourth-order valence-electron chi connectivity index (χ4n) is 2.27. The van der Waals surface area contributed by atoms with Gasteiger partial charge in [-0.05, 0) is 31.2 Å². The van der Waals surface area contributed by atoms with Crippen molar-refractivity contribution in [1.29, 1.82) is 0 Å². The van der Waals surface area contributed by atoms with Crippen LogP contribution in [0.1, 0.15) is 25.5 Å². The molecular weight excluding hydrogens is 276 g/mol. The van der Waals surface area contributed by atoms with Gasteiger partial charge in [0.1, 0.15) is 18.5 Å². The molecule has 0 spiro atoms. The van der Waals surface area contributed by atoms with Gasteiger partial charge in [-0.15, -0.1) is 0 Å². The van der Waals surface area contributed by atoms with Gasteiger partial charge in [0.2, 0.25) is 0 Å². The molecule has 1 aliphatic rings. The van der Waals surface area contributed by atoms with Crippen molar-refractivity contribution in [2.75, 3.05) is 32.8 Å². The van der Waals surface area contributed by atoms with Crippen LogP contribution in [0.4, 0.5) is 0 Å². The summed E-state index contributed by atoms with van der Waals surface area (Å²) in [5.41, 5.74) is 6.84. The smallest absolute Gasteiger partial charge is 0.138 e. The Labute approximate surface area is 125 Å². The number of halogens is 1. The van der Waals surface area contributed by atoms with Crippen LogP contribution in [-0.4, -0.2) is 43.9 Å². The van der Waals surface area contributed by atoms with E-state index in [2.05, 4.69) is 11.8 Å². The molecule has 2 unspecified atom stereocenters. The minimum Gasteiger partial charge on any atom is -0.489 e. The number of hydrogen-bond donors (Lipinski definition) is 1. The standard InChI is InChI=1S/C15H23ClN2O2/c1-3-18-6-7-19-13(9-18)10-20-15-5-4-12(11(2)17)8-14(15)16/h4-5,8,11,13H,3,6-7,9-10,17H2,1-2H3. The molecule has 1 aromatic carbocycles. The summed E-state index contributed by atoms with van der Waals surface area (Å²) in [7, 11) is 0. The minimum atomic E-state index is -0.0265. The van der Waals surface area contributed by atoms with Crippen molar-refractivity contribution in [1.82, 2.24) is 4.90 Å². The number of benzene rings is 1. The molecule has 0 amide bonds. The average molecular weight is 299 g/mol. The highest BCUT2D eigenvalue weighted by Crippen LogP contribution is 2.27. The molecule has 0 aromatic heterocycles. The van der Waals surface area contributed by atoms with E-state index in [0.29, 0.717) is 17.4 Å². The predicted octanol–water partition coefficient (Wildman–Crippen LogP) is 2.46. The Morgan fingerprint density at radius 1 is 1.55 bits per heavy atom. The third-order valence-electron chi connectivity index (χ3n) is 3.58. The molecule has 1 aliphatic heterocycles. The average Bonchev–Trinajstić information content (AvgIpc) is 2.46. The summed E-state index contributed by atoms with van der Waals surface area (Å²) in [4.78, 5) is 2.36. The highest BCUT2D eigenvalue weighted by molar-refractivity contribution is 6.32. The van der Waals surface area contributed by atoms with Crippen LogP contribution in [0.5, 0.6) is 5.75 Å². The second-order valence-electron chi connectivity index (χ2n) is 5.18. The molecule has 20 heavy (non-hydrogen) atoms. The van der Waals surface area contributed by atoms with E-state index in [9.17, 15) is 0 Å². The summed E-state index contributed by atoms with van der Waals surface area (Å²) in [5, 5.41) is 0.600. The van der Waals surface area contributed by atoms with Gasteiger partial charge in [0.25, 0.3) is 0 Å². The van der Waals surface area contributed by atoms with Gasteiger partial charge in [-0.3, -0.25) is 4.90 Å². The molecule has 2 N–H and O–H groups in total. The van der Waals surface area contributed by atoms with E-state index >= 15 is 0 Å². The van der Waals surface area contributed by atoms with Crippen LogP contribution < -0.4 is 10.5 Å². The van der Waals surface area contributed by atoms with Crippen molar-refractivity contribution in [3.63, 3.8) is 0 Å². The summed E-state index contributed by atoms with van der Waals surface area (Å²) in [6.45, 7) is 8.33. The first-order valence-electron chi connectivity index (χ1n) is 7.12. The molecule has 1 aromatic rings. The maximum absolute atomic E-state index is 6.22. The zero-order chi connectivity index (χ0) is 14.5. The molecule has 0 bridgehead atoms. The lowest BCUT2D eigenvalue weighted by Crippen LogP contribution is -2.44. The molecule has 4 nitrogen and oxygen atoms in total. The molecule has 5 heteroatoms. The lowest BCUT2D eigenvalue weighted by atomic mass is 10.1. The fourth-order valence-corrected chi connectivity index (χ4v) is 2.51. The van der Waals surface area contributed by atoms with E-state index in [1.165, 1.54) is 0 Å². The summed E-state index contributed by atoms with van der Waals surface area (Å²) in [6.07, 6.45) is 0.105. The van der Waals surface area contributed by atoms with Crippen molar-refractivity contribution in [2.45, 2.75) is 26.0 Å². The van der Waals surface area contributed by atoms with Crippen molar-refractivity contribution in [3.8, 4) is 5.75 Å². The Kier molecular flexibility index (Phi) is 5.66. The number of hydrogen-bond acceptors (Lipinski definition) is 4. The number of likely N-dealkylation sites (N-methyl/N-ethyl adjacent to an activating group) is 1. The van der Waals surface area contributed by atoms with Crippen molar-refractivity contribution in [3.05, 3.63) is 28.8 Å². The lowest BCUT2D eigenvalue weighted by molar-refractivity contribution is -0.0463. The lowest BCUT2D eigenvalue weighted by Gasteiger charge is -2.31. The van der Waals surface area contributed by atoms with Gasteiger partial charge in [-0.2, -0.15) is 0 Å². The first kappa shape index (κ1) is 15.6. The van der Waals surface area contributed by atoms with Crippen LogP contribution in [0, 0.1) is 0 Å². The first-order chi connectivity index (χ1) is 9.60. The van der Waals surface area contributed by atoms with Crippen LogP contribution in [0.15, 0.2) is 18.2 Å². The van der Waals surface area contributed by atoms with Gasteiger partial charge in [0.05, 0.1) is 11.6 Å². The van der Waals surface area contributed by atoms with E-state index in [4.69, 9.17) is 26.8 Å². The Hall–Kier alpha value is -0.810. The third-order valence-corrected chi connectivity index (χ3v) is 3.87. The Morgan fingerprint density at radius 2 is 2.35 bits per heavy atom. The highest BCUT2D eigenvalue weighted by Gasteiger charge is 2.20. The van der Waals surface area contributed by atoms with E-state index in [1.54, 1.807) is 0 Å². The SMILES string of the molecule is CCN1CCOC(COc2ccc(C(C)N)cc2Cl)C1. The van der Waals surface area contributed by atoms with E-state index in [-0.39, 0.29) is 12.1 Å². The second-order valence-corrected chi connectivity index (χ2v) is 5.58. The molecule has 112 valence electrons. The van der Waals surface area contributed by atoms with E-state index in [0.717, 1.165) is 31.8 Å². The summed E-state index contributed by atoms with van der Waals surface area (Å²) in [6, 6.07) is 5.66. The maximum atomic E-state index is 6.22. The molecule has 0 aliphatic carbocycles. The van der Waals surface area contributed by atoms with Crippen LogP contribution >= 0.6 is 11.6 Å². The molecule has 0 radical (unpaired) electrons. The van der Waals surface area contributed by atoms with Gasteiger partial charge >= 0.3 is 0 Å². The third kappa shape index (κ3) is 4.09. The molecule has 1 fully saturated rings. The topological polar surface area (TPSA) is 47.7 Å². The van der Waals surface area contributed by atoms with Gasteiger partial charge in [0.15, 0.2) is 0 Å². The molecule has 1 heterocycles. The van der Waals surface area contributed by atoms with Gasteiger partial charge in [-0.1, -0.05) is 24.6 Å². The van der Waals surface area contributed by atoms with Gasteiger partial charge < -0.3 is 15.2 Å². The molecule has 1 saturated heterocycles. The molecule has 0 saturated carbocycles. The predicted molar refractivity (Wildman–Crippen MR) is 81.4 cm³/mol. The summed E-state index contributed by atoms with van der Waals surface area (Å²) < 4.78 is 11.5. The molecular formula is C15H23ClN2O2. The van der Waals surface area contributed by atoms with Crippen molar-refractivity contribution in [2.24, 2.45) is 5.73 Å². The second kappa shape index (κ2) is 7.27. The zero-order valence-corrected chi connectivity index (χ0v) is 12.9. The number of nitrogens with two attached hydrogens (primary N) is 1. The summed E-state index contributed by atoms with van der Waals surface area (Å²) in [5.74, 6) is 0.688. The monoisotopic (exact) mass is 298 g/mol. The van der Waals surface area contributed by atoms with Crippen molar-refractivity contribution >= 4 is 11.6 Å². The quantitative estimate of drug-likeness (QED) is 0.907.